The molecule has 0 spiro atoms. The average molecular weight is 289 g/mol. The van der Waals surface area contributed by atoms with Crippen molar-refractivity contribution in [2.24, 2.45) is 0 Å². The molecule has 1 unspecified atom stereocenters. The van der Waals surface area contributed by atoms with Crippen LogP contribution < -0.4 is 4.74 Å². The number of hydrogen-bond acceptors (Lipinski definition) is 1. The molecular formula is C18H21ClO. The van der Waals surface area contributed by atoms with E-state index in [0.29, 0.717) is 6.61 Å². The summed E-state index contributed by atoms with van der Waals surface area (Å²) < 4.78 is 5.70. The van der Waals surface area contributed by atoms with Crippen LogP contribution in [-0.4, -0.2) is 6.61 Å². The van der Waals surface area contributed by atoms with Gasteiger partial charge in [0.05, 0.1) is 12.0 Å². The van der Waals surface area contributed by atoms with Gasteiger partial charge in [0.15, 0.2) is 0 Å². The van der Waals surface area contributed by atoms with Gasteiger partial charge in [-0.15, -0.1) is 11.6 Å². The Kier molecular flexibility index (Phi) is 5.08. The Balaban J connectivity index is 2.26. The van der Waals surface area contributed by atoms with Gasteiger partial charge in [-0.3, -0.25) is 0 Å². The molecule has 0 aliphatic carbocycles. The molecule has 0 aromatic heterocycles. The molecule has 2 aromatic carbocycles. The van der Waals surface area contributed by atoms with Gasteiger partial charge in [-0.05, 0) is 44.4 Å². The topological polar surface area (TPSA) is 9.23 Å². The lowest BCUT2D eigenvalue weighted by molar-refractivity contribution is 0.336. The monoisotopic (exact) mass is 288 g/mol. The van der Waals surface area contributed by atoms with Crippen LogP contribution >= 0.6 is 11.6 Å². The van der Waals surface area contributed by atoms with Crippen molar-refractivity contribution in [2.45, 2.75) is 32.6 Å². The van der Waals surface area contributed by atoms with Gasteiger partial charge in [-0.2, -0.15) is 0 Å². The first kappa shape index (κ1) is 14.9. The zero-order valence-corrected chi connectivity index (χ0v) is 13.1. The van der Waals surface area contributed by atoms with Crippen LogP contribution in [0.1, 0.15) is 34.6 Å². The fourth-order valence-corrected chi connectivity index (χ4v) is 2.68. The van der Waals surface area contributed by atoms with Crippen molar-refractivity contribution in [3.8, 4) is 5.75 Å². The third-order valence-corrected chi connectivity index (χ3v) is 3.85. The summed E-state index contributed by atoms with van der Waals surface area (Å²) in [6, 6.07) is 14.6. The molecule has 2 rings (SSSR count). The van der Waals surface area contributed by atoms with Crippen LogP contribution in [0.2, 0.25) is 0 Å². The Morgan fingerprint density at radius 3 is 2.55 bits per heavy atom. The molecule has 1 nitrogen and oxygen atoms in total. The fraction of sp³-hybridized carbons (Fsp3) is 0.333. The lowest BCUT2D eigenvalue weighted by Gasteiger charge is -2.17. The zero-order chi connectivity index (χ0) is 14.5. The van der Waals surface area contributed by atoms with Gasteiger partial charge < -0.3 is 4.74 Å². The molecule has 0 bridgehead atoms. The first-order chi connectivity index (χ1) is 9.61. The minimum absolute atomic E-state index is 0.0717. The maximum Gasteiger partial charge on any atom is 0.123 e. The molecule has 0 radical (unpaired) electrons. The molecule has 0 heterocycles. The van der Waals surface area contributed by atoms with E-state index in [1.165, 1.54) is 16.7 Å². The molecule has 106 valence electrons. The quantitative estimate of drug-likeness (QED) is 0.685. The van der Waals surface area contributed by atoms with Gasteiger partial charge in [0.2, 0.25) is 0 Å². The first-order valence-electron chi connectivity index (χ1n) is 7.03. The van der Waals surface area contributed by atoms with Crippen LogP contribution in [0.5, 0.6) is 5.75 Å². The third kappa shape index (κ3) is 3.55. The Bertz CT molecular complexity index is 577. The molecular weight excluding hydrogens is 268 g/mol. The normalized spacial score (nSPS) is 12.2. The van der Waals surface area contributed by atoms with E-state index in [1.54, 1.807) is 0 Å². The van der Waals surface area contributed by atoms with E-state index >= 15 is 0 Å². The van der Waals surface area contributed by atoms with Crippen LogP contribution in [0.25, 0.3) is 0 Å². The molecule has 0 saturated heterocycles. The van der Waals surface area contributed by atoms with Crippen LogP contribution in [0, 0.1) is 13.8 Å². The summed E-state index contributed by atoms with van der Waals surface area (Å²) in [6.07, 6.45) is 0.817. The van der Waals surface area contributed by atoms with Crippen molar-refractivity contribution < 1.29 is 4.74 Å². The molecule has 20 heavy (non-hydrogen) atoms. The number of aryl methyl sites for hydroxylation is 2. The highest BCUT2D eigenvalue weighted by Gasteiger charge is 2.15. The maximum absolute atomic E-state index is 6.65. The summed E-state index contributed by atoms with van der Waals surface area (Å²) in [5, 5.41) is -0.0717. The molecule has 0 N–H and O–H groups in total. The predicted molar refractivity (Wildman–Crippen MR) is 85.8 cm³/mol. The van der Waals surface area contributed by atoms with Crippen molar-refractivity contribution in [3.05, 3.63) is 64.7 Å². The van der Waals surface area contributed by atoms with E-state index in [-0.39, 0.29) is 5.38 Å². The summed E-state index contributed by atoms with van der Waals surface area (Å²) in [7, 11) is 0. The molecule has 1 atom stereocenters. The number of rotatable bonds is 5. The molecule has 2 heteroatoms. The molecule has 0 aliphatic rings. The summed E-state index contributed by atoms with van der Waals surface area (Å²) in [5.41, 5.74) is 4.86. The molecule has 0 saturated carbocycles. The molecule has 0 fully saturated rings. The second-order valence-electron chi connectivity index (χ2n) is 5.07. The fourth-order valence-electron chi connectivity index (χ4n) is 2.34. The zero-order valence-electron chi connectivity index (χ0n) is 12.3. The van der Waals surface area contributed by atoms with E-state index in [4.69, 9.17) is 16.3 Å². The van der Waals surface area contributed by atoms with E-state index in [1.807, 2.05) is 13.0 Å². The predicted octanol–water partition coefficient (Wildman–Crippen LogP) is 5.22. The summed E-state index contributed by atoms with van der Waals surface area (Å²) >= 11 is 6.65. The van der Waals surface area contributed by atoms with Gasteiger partial charge in [-0.25, -0.2) is 0 Å². The van der Waals surface area contributed by atoms with Crippen molar-refractivity contribution in [1.29, 1.82) is 0 Å². The highest BCUT2D eigenvalue weighted by Crippen LogP contribution is 2.33. The van der Waals surface area contributed by atoms with E-state index < -0.39 is 0 Å². The molecule has 0 amide bonds. The lowest BCUT2D eigenvalue weighted by atomic mass is 9.98. The molecule has 2 aromatic rings. The number of halogens is 1. The second-order valence-corrected chi connectivity index (χ2v) is 5.60. The van der Waals surface area contributed by atoms with Crippen LogP contribution in [0.15, 0.2) is 42.5 Å². The maximum atomic E-state index is 6.65. The van der Waals surface area contributed by atoms with Crippen molar-refractivity contribution in [1.82, 2.24) is 0 Å². The van der Waals surface area contributed by atoms with Crippen molar-refractivity contribution in [2.75, 3.05) is 6.61 Å². The minimum Gasteiger partial charge on any atom is -0.494 e. The van der Waals surface area contributed by atoms with Crippen LogP contribution in [-0.2, 0) is 6.42 Å². The van der Waals surface area contributed by atoms with Crippen LogP contribution in [0.3, 0.4) is 0 Å². The largest absolute Gasteiger partial charge is 0.494 e. The third-order valence-electron chi connectivity index (χ3n) is 3.46. The average Bonchev–Trinajstić information content (AvgIpc) is 2.43. The SMILES string of the molecule is CCOc1ccc(C)cc1C(Cl)Cc1ccccc1C. The number of alkyl halides is 1. The lowest BCUT2D eigenvalue weighted by Crippen LogP contribution is -2.03. The summed E-state index contributed by atoms with van der Waals surface area (Å²) in [6.45, 7) is 6.85. The first-order valence-corrected chi connectivity index (χ1v) is 7.47. The standard InChI is InChI=1S/C18H21ClO/c1-4-20-18-10-9-13(2)11-16(18)17(19)12-15-8-6-5-7-14(15)3/h5-11,17H,4,12H2,1-3H3. The van der Waals surface area contributed by atoms with Crippen molar-refractivity contribution >= 4 is 11.6 Å². The second kappa shape index (κ2) is 6.81. The minimum atomic E-state index is -0.0717. The van der Waals surface area contributed by atoms with Gasteiger partial charge in [0.1, 0.15) is 5.75 Å². The smallest absolute Gasteiger partial charge is 0.123 e. The Hall–Kier alpha value is -1.47. The van der Waals surface area contributed by atoms with Crippen LogP contribution in [0.4, 0.5) is 0 Å². The summed E-state index contributed by atoms with van der Waals surface area (Å²) in [5.74, 6) is 0.895. The highest BCUT2D eigenvalue weighted by atomic mass is 35.5. The van der Waals surface area contributed by atoms with E-state index in [0.717, 1.165) is 17.7 Å². The summed E-state index contributed by atoms with van der Waals surface area (Å²) in [4.78, 5) is 0. The van der Waals surface area contributed by atoms with Gasteiger partial charge in [0, 0.05) is 5.56 Å². The highest BCUT2D eigenvalue weighted by molar-refractivity contribution is 6.21. The number of hydrogen-bond donors (Lipinski definition) is 0. The Morgan fingerprint density at radius 1 is 1.10 bits per heavy atom. The van der Waals surface area contributed by atoms with Crippen molar-refractivity contribution in [3.63, 3.8) is 0 Å². The Labute approximate surface area is 126 Å². The van der Waals surface area contributed by atoms with E-state index in [2.05, 4.69) is 50.2 Å². The van der Waals surface area contributed by atoms with Gasteiger partial charge in [0.25, 0.3) is 0 Å². The van der Waals surface area contributed by atoms with Gasteiger partial charge in [-0.1, -0.05) is 42.0 Å². The molecule has 0 aliphatic heterocycles. The van der Waals surface area contributed by atoms with E-state index in [9.17, 15) is 0 Å². The number of benzene rings is 2. The van der Waals surface area contributed by atoms with Gasteiger partial charge >= 0.3 is 0 Å². The Morgan fingerprint density at radius 2 is 1.85 bits per heavy atom. The number of ether oxygens (including phenoxy) is 1.